The molecular weight excluding hydrogens is 414 g/mol. The zero-order chi connectivity index (χ0) is 21.4. The van der Waals surface area contributed by atoms with Gasteiger partial charge >= 0.3 is 0 Å². The van der Waals surface area contributed by atoms with E-state index in [2.05, 4.69) is 37.8 Å². The van der Waals surface area contributed by atoms with Gasteiger partial charge in [-0.05, 0) is 49.8 Å². The smallest absolute Gasteiger partial charge is 0.229 e. The number of anilines is 3. The molecular formula is C21H28ClN9. The molecule has 4 heterocycles. The van der Waals surface area contributed by atoms with E-state index >= 15 is 0 Å². The lowest BCUT2D eigenvalue weighted by Gasteiger charge is -2.27. The van der Waals surface area contributed by atoms with Crippen molar-refractivity contribution in [1.29, 1.82) is 0 Å². The third kappa shape index (κ3) is 4.38. The van der Waals surface area contributed by atoms with E-state index in [9.17, 15) is 0 Å². The summed E-state index contributed by atoms with van der Waals surface area (Å²) >= 11 is 6.47. The minimum atomic E-state index is 0.465. The molecule has 164 valence electrons. The molecule has 2 N–H and O–H groups in total. The fourth-order valence-corrected chi connectivity index (χ4v) is 5.04. The molecule has 5 rings (SSSR count). The molecule has 0 bridgehead atoms. The molecule has 0 radical (unpaired) electrons. The minimum Gasteiger partial charge on any atom is -0.355 e. The molecule has 0 amide bonds. The first-order chi connectivity index (χ1) is 15.0. The molecule has 10 heteroatoms. The maximum Gasteiger partial charge on any atom is 0.229 e. The normalized spacial score (nSPS) is 22.6. The first-order valence-corrected chi connectivity index (χ1v) is 11.2. The van der Waals surface area contributed by atoms with Gasteiger partial charge in [0.05, 0.1) is 24.3 Å². The number of hydrogen-bond donors (Lipinski definition) is 2. The summed E-state index contributed by atoms with van der Waals surface area (Å²) in [6.07, 6.45) is 12.6. The Morgan fingerprint density at radius 2 is 1.97 bits per heavy atom. The van der Waals surface area contributed by atoms with E-state index < -0.39 is 0 Å². The Hall–Kier alpha value is -2.65. The molecule has 31 heavy (non-hydrogen) atoms. The van der Waals surface area contributed by atoms with Gasteiger partial charge in [0, 0.05) is 39.1 Å². The third-order valence-electron chi connectivity index (χ3n) is 6.51. The van der Waals surface area contributed by atoms with Gasteiger partial charge in [-0.25, -0.2) is 4.98 Å². The van der Waals surface area contributed by atoms with Gasteiger partial charge in [0.2, 0.25) is 5.95 Å². The van der Waals surface area contributed by atoms with Crippen LogP contribution in [0.5, 0.6) is 0 Å². The maximum absolute atomic E-state index is 6.47. The molecule has 2 aliphatic rings. The molecule has 0 spiro atoms. The van der Waals surface area contributed by atoms with Crippen molar-refractivity contribution in [3.63, 3.8) is 0 Å². The zero-order valence-corrected chi connectivity index (χ0v) is 18.6. The van der Waals surface area contributed by atoms with Crippen LogP contribution in [0.2, 0.25) is 5.02 Å². The summed E-state index contributed by atoms with van der Waals surface area (Å²) in [5.74, 6) is 2.84. The summed E-state index contributed by atoms with van der Waals surface area (Å²) in [6, 6.07) is 0.465. The van der Waals surface area contributed by atoms with Crippen LogP contribution in [0.4, 0.5) is 17.5 Å². The lowest BCUT2D eigenvalue weighted by atomic mass is 10.0. The maximum atomic E-state index is 6.47. The molecule has 3 aromatic rings. The zero-order valence-electron chi connectivity index (χ0n) is 17.9. The van der Waals surface area contributed by atoms with Crippen LogP contribution in [0.3, 0.4) is 0 Å². The molecule has 1 aliphatic carbocycles. The first-order valence-electron chi connectivity index (χ1n) is 10.8. The van der Waals surface area contributed by atoms with Crippen LogP contribution in [0.1, 0.15) is 18.4 Å². The summed E-state index contributed by atoms with van der Waals surface area (Å²) in [4.78, 5) is 11.3. The highest BCUT2D eigenvalue weighted by molar-refractivity contribution is 6.32. The van der Waals surface area contributed by atoms with Crippen molar-refractivity contribution >= 4 is 29.1 Å². The van der Waals surface area contributed by atoms with Crippen LogP contribution in [-0.2, 0) is 20.0 Å². The van der Waals surface area contributed by atoms with E-state index in [1.165, 1.54) is 18.4 Å². The van der Waals surface area contributed by atoms with Crippen molar-refractivity contribution in [2.75, 3.05) is 30.4 Å². The molecule has 2 unspecified atom stereocenters. The van der Waals surface area contributed by atoms with Crippen LogP contribution in [0.25, 0.3) is 0 Å². The van der Waals surface area contributed by atoms with Gasteiger partial charge in [-0.15, -0.1) is 0 Å². The number of halogens is 1. The fourth-order valence-electron chi connectivity index (χ4n) is 4.81. The van der Waals surface area contributed by atoms with Gasteiger partial charge in [-0.1, -0.05) is 11.6 Å². The minimum absolute atomic E-state index is 0.465. The summed E-state index contributed by atoms with van der Waals surface area (Å²) in [5.41, 5.74) is 2.04. The third-order valence-corrected chi connectivity index (χ3v) is 6.78. The van der Waals surface area contributed by atoms with Crippen molar-refractivity contribution in [3.8, 4) is 0 Å². The number of rotatable bonds is 7. The van der Waals surface area contributed by atoms with Gasteiger partial charge in [0.25, 0.3) is 0 Å². The molecule has 3 aromatic heterocycles. The van der Waals surface area contributed by atoms with E-state index in [0.29, 0.717) is 17.0 Å². The van der Waals surface area contributed by atoms with Crippen LogP contribution >= 0.6 is 11.6 Å². The Morgan fingerprint density at radius 1 is 1.16 bits per heavy atom. The van der Waals surface area contributed by atoms with E-state index in [1.807, 2.05) is 35.0 Å². The Kier molecular flexibility index (Phi) is 5.54. The predicted molar refractivity (Wildman–Crippen MR) is 121 cm³/mol. The van der Waals surface area contributed by atoms with Crippen molar-refractivity contribution < 1.29 is 0 Å². The predicted octanol–water partition coefficient (Wildman–Crippen LogP) is 2.48. The summed E-state index contributed by atoms with van der Waals surface area (Å²) in [5, 5.41) is 16.0. The Bertz CT molecular complexity index is 1030. The molecule has 1 aliphatic heterocycles. The quantitative estimate of drug-likeness (QED) is 0.582. The lowest BCUT2D eigenvalue weighted by molar-refractivity contribution is 0.494. The fraction of sp³-hybridized carbons (Fsp3) is 0.524. The number of aromatic nitrogens is 6. The van der Waals surface area contributed by atoms with Gasteiger partial charge in [-0.2, -0.15) is 15.2 Å². The van der Waals surface area contributed by atoms with Gasteiger partial charge in [0.1, 0.15) is 5.02 Å². The summed E-state index contributed by atoms with van der Waals surface area (Å²) in [7, 11) is 4.01. The van der Waals surface area contributed by atoms with Crippen LogP contribution < -0.4 is 15.5 Å². The van der Waals surface area contributed by atoms with Gasteiger partial charge < -0.3 is 15.5 Å². The molecule has 2 atom stereocenters. The topological polar surface area (TPSA) is 88.7 Å². The molecule has 9 nitrogen and oxygen atoms in total. The Balaban J connectivity index is 1.23. The van der Waals surface area contributed by atoms with E-state index in [4.69, 9.17) is 16.6 Å². The van der Waals surface area contributed by atoms with Crippen molar-refractivity contribution in [3.05, 3.63) is 41.6 Å². The van der Waals surface area contributed by atoms with Crippen molar-refractivity contribution in [2.45, 2.75) is 31.8 Å². The second-order valence-corrected chi connectivity index (χ2v) is 9.08. The average molecular weight is 442 g/mol. The molecule has 1 saturated carbocycles. The second-order valence-electron chi connectivity index (χ2n) is 8.67. The molecule has 1 saturated heterocycles. The average Bonchev–Trinajstić information content (AvgIpc) is 3.52. The Labute approximate surface area is 186 Å². The van der Waals surface area contributed by atoms with Gasteiger partial charge in [-0.3, -0.25) is 9.36 Å². The van der Waals surface area contributed by atoms with Gasteiger partial charge in [0.15, 0.2) is 5.82 Å². The molecule has 0 aromatic carbocycles. The standard InChI is InChI=1S/C21H28ClN9/c1-29-12-14(7-25-29)3-4-31-13-17(10-26-31)27-21-24-11-19(22)20(28-21)30(2)18-5-15-8-23-9-16(15)6-18/h7,10-13,15-16,18,23H,3-6,8-9H2,1-2H3,(H,24,27,28). The number of hydrogen-bond acceptors (Lipinski definition) is 7. The second kappa shape index (κ2) is 8.47. The van der Waals surface area contributed by atoms with Crippen molar-refractivity contribution in [2.24, 2.45) is 18.9 Å². The largest absolute Gasteiger partial charge is 0.355 e. The first kappa shape index (κ1) is 20.3. The Morgan fingerprint density at radius 3 is 2.71 bits per heavy atom. The molecule has 2 fully saturated rings. The summed E-state index contributed by atoms with van der Waals surface area (Å²) < 4.78 is 3.72. The number of aryl methyl sites for hydroxylation is 3. The lowest BCUT2D eigenvalue weighted by Crippen LogP contribution is -2.32. The van der Waals surface area contributed by atoms with E-state index in [1.54, 1.807) is 12.4 Å². The number of nitrogens with zero attached hydrogens (tertiary/aromatic N) is 7. The van der Waals surface area contributed by atoms with E-state index in [0.717, 1.165) is 49.4 Å². The highest BCUT2D eigenvalue weighted by Crippen LogP contribution is 2.39. The van der Waals surface area contributed by atoms with Crippen LogP contribution in [-0.4, -0.2) is 55.7 Å². The highest BCUT2D eigenvalue weighted by Gasteiger charge is 2.39. The number of nitrogens with one attached hydrogen (secondary N) is 2. The van der Waals surface area contributed by atoms with E-state index in [-0.39, 0.29) is 0 Å². The highest BCUT2D eigenvalue weighted by atomic mass is 35.5. The van der Waals surface area contributed by atoms with Crippen LogP contribution in [0, 0.1) is 11.8 Å². The SMILES string of the molecule is CN(c1nc(Nc2cnn(CCc3cnn(C)c3)c2)ncc1Cl)C1CC2CNCC2C1. The number of fused-ring (bicyclic) bond motifs is 1. The van der Waals surface area contributed by atoms with Crippen LogP contribution in [0.15, 0.2) is 31.0 Å². The monoisotopic (exact) mass is 441 g/mol. The summed E-state index contributed by atoms with van der Waals surface area (Å²) in [6.45, 7) is 3.04. The van der Waals surface area contributed by atoms with Crippen molar-refractivity contribution in [1.82, 2.24) is 34.8 Å².